The summed E-state index contributed by atoms with van der Waals surface area (Å²) in [7, 11) is 0. The van der Waals surface area contributed by atoms with E-state index in [4.69, 9.17) is 4.74 Å². The van der Waals surface area contributed by atoms with E-state index in [1.165, 1.54) is 12.1 Å². The number of halogens is 3. The van der Waals surface area contributed by atoms with E-state index in [2.05, 4.69) is 0 Å². The summed E-state index contributed by atoms with van der Waals surface area (Å²) in [5, 5.41) is 0. The van der Waals surface area contributed by atoms with Gasteiger partial charge in [0, 0.05) is 0 Å². The predicted octanol–water partition coefficient (Wildman–Crippen LogP) is 3.63. The summed E-state index contributed by atoms with van der Waals surface area (Å²) in [6.07, 6.45) is 0. The molecule has 1 nitrogen and oxygen atoms in total. The standard InChI is InChI=1S/C14H13BF3O/c1-11-4-2-3-5-12(11)10-19-14-8-6-13(7-9-14)15(16,17)18/h2-9H,10H2,1H3/q-1. The Kier molecular flexibility index (Phi) is 3.83. The Morgan fingerprint density at radius 3 is 2.16 bits per heavy atom. The Morgan fingerprint density at radius 1 is 0.947 bits per heavy atom. The van der Waals surface area contributed by atoms with Crippen molar-refractivity contribution in [2.75, 3.05) is 0 Å². The summed E-state index contributed by atoms with van der Waals surface area (Å²) in [4.78, 5) is 0. The zero-order chi connectivity index (χ0) is 13.9. The number of hydrogen-bond acceptors (Lipinski definition) is 1. The van der Waals surface area contributed by atoms with E-state index in [1.54, 1.807) is 0 Å². The third kappa shape index (κ3) is 3.53. The van der Waals surface area contributed by atoms with Crippen molar-refractivity contribution in [1.82, 2.24) is 0 Å². The molecule has 0 spiro atoms. The molecule has 0 N–H and O–H groups in total. The van der Waals surface area contributed by atoms with Crippen LogP contribution in [0.1, 0.15) is 11.1 Å². The molecular weight excluding hydrogens is 252 g/mol. The maximum Gasteiger partial charge on any atom is 0.509 e. The quantitative estimate of drug-likeness (QED) is 0.767. The van der Waals surface area contributed by atoms with E-state index in [0.29, 0.717) is 12.4 Å². The van der Waals surface area contributed by atoms with Gasteiger partial charge in [-0.3, -0.25) is 0 Å². The molecule has 2 aromatic carbocycles. The number of ether oxygens (including phenoxy) is 1. The molecule has 0 bridgehead atoms. The van der Waals surface area contributed by atoms with E-state index in [0.717, 1.165) is 23.3 Å². The molecule has 19 heavy (non-hydrogen) atoms. The molecule has 0 atom stereocenters. The van der Waals surface area contributed by atoms with Gasteiger partial charge in [0.15, 0.2) is 0 Å². The SMILES string of the molecule is Cc1ccccc1COc1ccc([B-](F)(F)F)cc1. The molecule has 0 aliphatic heterocycles. The van der Waals surface area contributed by atoms with Gasteiger partial charge >= 0.3 is 6.98 Å². The average Bonchev–Trinajstić information content (AvgIpc) is 2.37. The van der Waals surface area contributed by atoms with Gasteiger partial charge in [-0.05, 0) is 30.2 Å². The van der Waals surface area contributed by atoms with Crippen LogP contribution in [-0.2, 0) is 6.61 Å². The predicted molar refractivity (Wildman–Crippen MR) is 70.7 cm³/mol. The van der Waals surface area contributed by atoms with Crippen molar-refractivity contribution in [2.24, 2.45) is 0 Å². The van der Waals surface area contributed by atoms with E-state index in [9.17, 15) is 12.9 Å². The van der Waals surface area contributed by atoms with Gasteiger partial charge in [-0.25, -0.2) is 0 Å². The maximum atomic E-state index is 12.4. The lowest BCUT2D eigenvalue weighted by Gasteiger charge is -2.15. The van der Waals surface area contributed by atoms with Crippen LogP contribution in [0.5, 0.6) is 5.75 Å². The number of benzene rings is 2. The van der Waals surface area contributed by atoms with Crippen molar-refractivity contribution >= 4 is 12.4 Å². The lowest BCUT2D eigenvalue weighted by atomic mass is 9.80. The molecule has 0 fully saturated rings. The van der Waals surface area contributed by atoms with Crippen LogP contribution in [0.3, 0.4) is 0 Å². The second kappa shape index (κ2) is 5.39. The van der Waals surface area contributed by atoms with Gasteiger partial charge in [-0.1, -0.05) is 36.4 Å². The Balaban J connectivity index is 2.03. The molecule has 0 aliphatic carbocycles. The van der Waals surface area contributed by atoms with Gasteiger partial charge in [-0.15, -0.1) is 5.46 Å². The Labute approximate surface area is 110 Å². The fourth-order valence-corrected chi connectivity index (χ4v) is 1.72. The summed E-state index contributed by atoms with van der Waals surface area (Å²) in [5.41, 5.74) is 1.51. The summed E-state index contributed by atoms with van der Waals surface area (Å²) in [6.45, 7) is -2.62. The van der Waals surface area contributed by atoms with Crippen molar-refractivity contribution < 1.29 is 17.7 Å². The highest BCUT2D eigenvalue weighted by Crippen LogP contribution is 2.16. The monoisotopic (exact) mass is 265 g/mol. The van der Waals surface area contributed by atoms with Crippen LogP contribution in [0.15, 0.2) is 48.5 Å². The molecular formula is C14H13BF3O-. The highest BCUT2D eigenvalue weighted by molar-refractivity contribution is 6.73. The van der Waals surface area contributed by atoms with Gasteiger partial charge in [0.05, 0.1) is 0 Å². The maximum absolute atomic E-state index is 12.4. The minimum atomic E-state index is -4.94. The van der Waals surface area contributed by atoms with Crippen LogP contribution < -0.4 is 10.2 Å². The fraction of sp³-hybridized carbons (Fsp3) is 0.143. The van der Waals surface area contributed by atoms with Crippen LogP contribution in [-0.4, -0.2) is 6.98 Å². The molecule has 100 valence electrons. The normalized spacial score (nSPS) is 11.4. The van der Waals surface area contributed by atoms with Crippen molar-refractivity contribution in [1.29, 1.82) is 0 Å². The highest BCUT2D eigenvalue weighted by Gasteiger charge is 2.24. The summed E-state index contributed by atoms with van der Waals surface area (Å²) < 4.78 is 42.8. The zero-order valence-corrected chi connectivity index (χ0v) is 10.4. The average molecular weight is 265 g/mol. The second-order valence-corrected chi connectivity index (χ2v) is 4.36. The summed E-state index contributed by atoms with van der Waals surface area (Å²) in [5.74, 6) is 0.437. The van der Waals surface area contributed by atoms with Crippen LogP contribution >= 0.6 is 0 Å². The first-order valence-electron chi connectivity index (χ1n) is 5.94. The van der Waals surface area contributed by atoms with E-state index in [1.807, 2.05) is 31.2 Å². The number of rotatable bonds is 4. The number of hydrogen-bond donors (Lipinski definition) is 0. The minimum absolute atomic E-state index is 0.350. The lowest BCUT2D eigenvalue weighted by molar-refractivity contribution is 0.305. The van der Waals surface area contributed by atoms with Crippen molar-refractivity contribution in [3.8, 4) is 5.75 Å². The van der Waals surface area contributed by atoms with Gasteiger partial charge in [0.2, 0.25) is 0 Å². The first-order valence-corrected chi connectivity index (χ1v) is 5.94. The van der Waals surface area contributed by atoms with Crippen LogP contribution in [0.2, 0.25) is 0 Å². The van der Waals surface area contributed by atoms with Crippen LogP contribution in [0, 0.1) is 6.92 Å². The molecule has 2 aromatic rings. The Hall–Kier alpha value is -1.91. The molecule has 0 unspecified atom stereocenters. The zero-order valence-electron chi connectivity index (χ0n) is 10.4. The Bertz CT molecular complexity index is 549. The summed E-state index contributed by atoms with van der Waals surface area (Å²) in [6, 6.07) is 12.5. The van der Waals surface area contributed by atoms with Crippen molar-refractivity contribution in [2.45, 2.75) is 13.5 Å². The van der Waals surface area contributed by atoms with Gasteiger partial charge < -0.3 is 17.7 Å². The van der Waals surface area contributed by atoms with E-state index < -0.39 is 12.4 Å². The third-order valence-corrected chi connectivity index (χ3v) is 2.91. The van der Waals surface area contributed by atoms with Crippen LogP contribution in [0.4, 0.5) is 12.9 Å². The first-order chi connectivity index (χ1) is 8.97. The molecule has 0 amide bonds. The third-order valence-electron chi connectivity index (χ3n) is 2.91. The lowest BCUT2D eigenvalue weighted by Crippen LogP contribution is -2.33. The van der Waals surface area contributed by atoms with E-state index in [-0.39, 0.29) is 0 Å². The second-order valence-electron chi connectivity index (χ2n) is 4.36. The topological polar surface area (TPSA) is 9.23 Å². The molecule has 0 radical (unpaired) electrons. The highest BCUT2D eigenvalue weighted by atomic mass is 19.4. The smallest absolute Gasteiger partial charge is 0.489 e. The molecule has 2 rings (SSSR count). The van der Waals surface area contributed by atoms with Crippen LogP contribution in [0.25, 0.3) is 0 Å². The van der Waals surface area contributed by atoms with Gasteiger partial charge in [0.1, 0.15) is 12.4 Å². The molecule has 0 saturated heterocycles. The summed E-state index contributed by atoms with van der Waals surface area (Å²) >= 11 is 0. The minimum Gasteiger partial charge on any atom is -0.489 e. The van der Waals surface area contributed by atoms with Gasteiger partial charge in [0.25, 0.3) is 0 Å². The van der Waals surface area contributed by atoms with E-state index >= 15 is 0 Å². The van der Waals surface area contributed by atoms with Crippen molar-refractivity contribution in [3.63, 3.8) is 0 Å². The molecule has 0 aromatic heterocycles. The largest absolute Gasteiger partial charge is 0.509 e. The molecule has 5 heteroatoms. The molecule has 0 aliphatic rings. The van der Waals surface area contributed by atoms with Gasteiger partial charge in [-0.2, -0.15) is 0 Å². The molecule has 0 heterocycles. The Morgan fingerprint density at radius 2 is 1.58 bits per heavy atom. The first kappa shape index (κ1) is 13.5. The number of aryl methyl sites for hydroxylation is 1. The van der Waals surface area contributed by atoms with Crippen molar-refractivity contribution in [3.05, 3.63) is 59.7 Å². The fourth-order valence-electron chi connectivity index (χ4n) is 1.72. The molecule has 0 saturated carbocycles.